The molecule has 0 amide bonds. The number of aromatic nitrogens is 1. The van der Waals surface area contributed by atoms with Crippen molar-refractivity contribution in [1.82, 2.24) is 4.57 Å². The molecule has 0 N–H and O–H groups in total. The van der Waals surface area contributed by atoms with E-state index >= 15 is 0 Å². The van der Waals surface area contributed by atoms with Crippen LogP contribution in [-0.2, 0) is 11.0 Å². The Kier molecular flexibility index (Phi) is 2.83. The fourth-order valence-corrected chi connectivity index (χ4v) is 0.889. The van der Waals surface area contributed by atoms with Crippen LogP contribution in [0.2, 0.25) is 0 Å². The Morgan fingerprint density at radius 3 is 2.64 bits per heavy atom. The van der Waals surface area contributed by atoms with Crippen molar-refractivity contribution in [2.45, 2.75) is 13.2 Å². The van der Waals surface area contributed by atoms with Gasteiger partial charge in [-0.1, -0.05) is 0 Å². The third-order valence-corrected chi connectivity index (χ3v) is 1.50. The Bertz CT molecular complexity index is 330. The first kappa shape index (κ1) is 10.6. The number of carbonyl (C=O) groups is 1. The molecule has 3 nitrogen and oxygen atoms in total. The van der Waals surface area contributed by atoms with Gasteiger partial charge < -0.3 is 4.74 Å². The van der Waals surface area contributed by atoms with Gasteiger partial charge in [0.2, 0.25) is 0 Å². The number of rotatable bonds is 2. The number of esters is 1. The first-order valence-corrected chi connectivity index (χ1v) is 3.87. The molecule has 0 aromatic carbocycles. The van der Waals surface area contributed by atoms with Gasteiger partial charge in [-0.05, 0) is 13.0 Å². The zero-order valence-electron chi connectivity index (χ0n) is 7.34. The summed E-state index contributed by atoms with van der Waals surface area (Å²) in [6.07, 6.45) is -3.03. The number of halogens is 3. The maximum atomic E-state index is 12.1. The van der Waals surface area contributed by atoms with E-state index in [0.717, 1.165) is 12.3 Å². The number of hydrogen-bond acceptors (Lipinski definition) is 2. The monoisotopic (exact) mass is 207 g/mol. The van der Waals surface area contributed by atoms with Crippen LogP contribution < -0.4 is 0 Å². The van der Waals surface area contributed by atoms with Crippen LogP contribution in [-0.4, -0.2) is 17.1 Å². The summed E-state index contributed by atoms with van der Waals surface area (Å²) in [5.74, 6) is -0.754. The number of nitrogens with zero attached hydrogens (tertiary/aromatic N) is 1. The van der Waals surface area contributed by atoms with Crippen LogP contribution in [0, 0.1) is 0 Å². The van der Waals surface area contributed by atoms with Crippen LogP contribution in [0.4, 0.5) is 13.2 Å². The smallest absolute Gasteiger partial charge is 0.462 e. The van der Waals surface area contributed by atoms with Crippen LogP contribution in [0.3, 0.4) is 0 Å². The summed E-state index contributed by atoms with van der Waals surface area (Å²) in [5, 5.41) is 0. The predicted octanol–water partition coefficient (Wildman–Crippen LogP) is 2.14. The molecule has 0 spiro atoms. The summed E-state index contributed by atoms with van der Waals surface area (Å²) < 4.78 is 40.7. The van der Waals surface area contributed by atoms with E-state index in [1.54, 1.807) is 6.92 Å². The lowest BCUT2D eigenvalue weighted by atomic mass is 10.3. The lowest BCUT2D eigenvalue weighted by molar-refractivity contribution is -0.203. The van der Waals surface area contributed by atoms with Gasteiger partial charge in [0.25, 0.3) is 0 Å². The predicted molar refractivity (Wildman–Crippen MR) is 41.7 cm³/mol. The van der Waals surface area contributed by atoms with Crippen LogP contribution in [0.5, 0.6) is 0 Å². The summed E-state index contributed by atoms with van der Waals surface area (Å²) in [6.45, 7) is 1.72. The average Bonchev–Trinajstić information content (AvgIpc) is 2.51. The van der Waals surface area contributed by atoms with Crippen LogP contribution in [0.15, 0.2) is 18.5 Å². The second kappa shape index (κ2) is 3.73. The summed E-state index contributed by atoms with van der Waals surface area (Å²) in [7, 11) is 0. The molecular formula is C8H8F3NO2. The third kappa shape index (κ3) is 2.27. The Labute approximate surface area is 78.1 Å². The summed E-state index contributed by atoms with van der Waals surface area (Å²) in [5.41, 5.74) is -0.107. The van der Waals surface area contributed by atoms with E-state index in [1.807, 2.05) is 0 Å². The van der Waals surface area contributed by atoms with Gasteiger partial charge in [-0.15, -0.1) is 13.2 Å². The summed E-state index contributed by atoms with van der Waals surface area (Å²) in [6, 6.07) is 1.06. The van der Waals surface area contributed by atoms with Gasteiger partial charge in [0.1, 0.15) is 0 Å². The minimum Gasteiger partial charge on any atom is -0.462 e. The molecule has 1 aromatic heterocycles. The lowest BCUT2D eigenvalue weighted by Gasteiger charge is -2.05. The van der Waals surface area contributed by atoms with E-state index in [0.29, 0.717) is 6.20 Å². The van der Waals surface area contributed by atoms with Crippen LogP contribution in [0.1, 0.15) is 17.3 Å². The van der Waals surface area contributed by atoms with Crippen molar-refractivity contribution in [3.8, 4) is 0 Å². The Morgan fingerprint density at radius 2 is 2.21 bits per heavy atom. The van der Waals surface area contributed by atoms with Gasteiger partial charge in [-0.25, -0.2) is 4.79 Å². The second-order valence-electron chi connectivity index (χ2n) is 2.50. The molecule has 0 fully saturated rings. The molecule has 0 bridgehead atoms. The van der Waals surface area contributed by atoms with Crippen molar-refractivity contribution in [3.05, 3.63) is 24.0 Å². The molecule has 1 heterocycles. The molecule has 0 atom stereocenters. The first-order chi connectivity index (χ1) is 6.45. The molecule has 0 aliphatic heterocycles. The fraction of sp³-hybridized carbons (Fsp3) is 0.375. The van der Waals surface area contributed by atoms with Gasteiger partial charge >= 0.3 is 12.3 Å². The standard InChI is InChI=1S/C8H8F3NO2/c1-2-14-7(13)6-3-4-12(5-6)8(9,10)11/h3-5H,2H2,1H3. The number of hydrogen-bond donors (Lipinski definition) is 0. The first-order valence-electron chi connectivity index (χ1n) is 3.87. The third-order valence-electron chi connectivity index (χ3n) is 1.50. The minimum absolute atomic E-state index is 0.000741. The molecule has 0 aliphatic rings. The molecule has 0 radical (unpaired) electrons. The SMILES string of the molecule is CCOC(=O)c1ccn(C(F)(F)F)c1. The fourth-order valence-electron chi connectivity index (χ4n) is 0.889. The largest absolute Gasteiger partial charge is 0.488 e. The molecule has 0 saturated carbocycles. The molecule has 14 heavy (non-hydrogen) atoms. The second-order valence-corrected chi connectivity index (χ2v) is 2.50. The molecule has 1 rings (SSSR count). The normalized spacial score (nSPS) is 11.4. The number of ether oxygens (including phenoxy) is 1. The topological polar surface area (TPSA) is 31.2 Å². The van der Waals surface area contributed by atoms with Gasteiger partial charge in [0.05, 0.1) is 12.2 Å². The van der Waals surface area contributed by atoms with E-state index in [9.17, 15) is 18.0 Å². The van der Waals surface area contributed by atoms with Gasteiger partial charge in [-0.3, -0.25) is 4.57 Å². The Balaban J connectivity index is 2.83. The maximum Gasteiger partial charge on any atom is 0.488 e. The molecule has 78 valence electrons. The highest BCUT2D eigenvalue weighted by atomic mass is 19.4. The quantitative estimate of drug-likeness (QED) is 0.695. The zero-order chi connectivity index (χ0) is 10.8. The molecule has 0 saturated heterocycles. The Hall–Kier alpha value is -1.46. The Morgan fingerprint density at radius 1 is 1.57 bits per heavy atom. The minimum atomic E-state index is -4.50. The van der Waals surface area contributed by atoms with Crippen molar-refractivity contribution in [3.63, 3.8) is 0 Å². The molecular weight excluding hydrogens is 199 g/mol. The number of alkyl halides is 3. The van der Waals surface area contributed by atoms with E-state index in [4.69, 9.17) is 0 Å². The van der Waals surface area contributed by atoms with E-state index in [1.165, 1.54) is 0 Å². The van der Waals surface area contributed by atoms with E-state index in [-0.39, 0.29) is 16.7 Å². The van der Waals surface area contributed by atoms with E-state index < -0.39 is 12.3 Å². The molecule has 1 aromatic rings. The highest BCUT2D eigenvalue weighted by Crippen LogP contribution is 2.22. The lowest BCUT2D eigenvalue weighted by Crippen LogP contribution is -2.14. The van der Waals surface area contributed by atoms with Crippen molar-refractivity contribution < 1.29 is 22.7 Å². The van der Waals surface area contributed by atoms with Gasteiger partial charge in [0.15, 0.2) is 0 Å². The summed E-state index contributed by atoms with van der Waals surface area (Å²) >= 11 is 0. The van der Waals surface area contributed by atoms with Crippen molar-refractivity contribution >= 4 is 5.97 Å². The molecule has 0 aliphatic carbocycles. The highest BCUT2D eigenvalue weighted by molar-refractivity contribution is 5.89. The van der Waals surface area contributed by atoms with Crippen LogP contribution >= 0.6 is 0 Å². The van der Waals surface area contributed by atoms with Crippen molar-refractivity contribution in [1.29, 1.82) is 0 Å². The van der Waals surface area contributed by atoms with Gasteiger partial charge in [0, 0.05) is 12.4 Å². The molecule has 6 heteroatoms. The maximum absolute atomic E-state index is 12.1. The van der Waals surface area contributed by atoms with Crippen molar-refractivity contribution in [2.24, 2.45) is 0 Å². The summed E-state index contributed by atoms with van der Waals surface area (Å²) in [4.78, 5) is 11.0. The van der Waals surface area contributed by atoms with Gasteiger partial charge in [-0.2, -0.15) is 0 Å². The highest BCUT2D eigenvalue weighted by Gasteiger charge is 2.30. The zero-order valence-corrected chi connectivity index (χ0v) is 7.34. The molecule has 0 unspecified atom stereocenters. The van der Waals surface area contributed by atoms with Crippen LogP contribution in [0.25, 0.3) is 0 Å². The number of carbonyl (C=O) groups excluding carboxylic acids is 1. The van der Waals surface area contributed by atoms with E-state index in [2.05, 4.69) is 4.74 Å². The average molecular weight is 207 g/mol. The van der Waals surface area contributed by atoms with Crippen molar-refractivity contribution in [2.75, 3.05) is 6.61 Å².